The topological polar surface area (TPSA) is 57.6 Å². The van der Waals surface area contributed by atoms with Crippen molar-refractivity contribution in [2.24, 2.45) is 0 Å². The van der Waals surface area contributed by atoms with E-state index in [-0.39, 0.29) is 11.5 Å². The molecule has 4 nitrogen and oxygen atoms in total. The van der Waals surface area contributed by atoms with Gasteiger partial charge in [-0.1, -0.05) is 30.3 Å². The van der Waals surface area contributed by atoms with Crippen LogP contribution in [0.5, 0.6) is 0 Å². The Hall–Kier alpha value is -1.85. The highest BCUT2D eigenvalue weighted by atomic mass is 32.2. The van der Waals surface area contributed by atoms with E-state index in [0.717, 1.165) is 11.1 Å². The zero-order chi connectivity index (χ0) is 15.5. The van der Waals surface area contributed by atoms with Gasteiger partial charge in [-0.05, 0) is 42.7 Å². The highest BCUT2D eigenvalue weighted by Crippen LogP contribution is 2.25. The van der Waals surface area contributed by atoms with Crippen LogP contribution in [0.15, 0.2) is 53.4 Å². The summed E-state index contributed by atoms with van der Waals surface area (Å²) in [5.74, 6) is 0. The van der Waals surface area contributed by atoms with Gasteiger partial charge in [0.15, 0.2) is 0 Å². The summed E-state index contributed by atoms with van der Waals surface area (Å²) in [6.45, 7) is 1.93. The number of hydrogen-bond acceptors (Lipinski definition) is 3. The van der Waals surface area contributed by atoms with Crippen molar-refractivity contribution in [2.75, 3.05) is 18.0 Å². The van der Waals surface area contributed by atoms with Gasteiger partial charge < -0.3 is 5.11 Å². The molecule has 0 aliphatic rings. The minimum atomic E-state index is -3.58. The van der Waals surface area contributed by atoms with E-state index < -0.39 is 10.0 Å². The standard InChI is InChI=1S/C16H19NO3S/c1-13-5-3-4-6-16(13)17(2)21(19,20)15-9-7-14(8-10-15)11-12-18/h3-10,18H,11-12H2,1-2H3. The summed E-state index contributed by atoms with van der Waals surface area (Å²) in [4.78, 5) is 0.245. The molecule has 0 unspecified atom stereocenters. The number of rotatable bonds is 5. The van der Waals surface area contributed by atoms with E-state index >= 15 is 0 Å². The van der Waals surface area contributed by atoms with E-state index in [4.69, 9.17) is 5.11 Å². The number of nitrogens with zero attached hydrogens (tertiary/aromatic N) is 1. The Morgan fingerprint density at radius 1 is 1.05 bits per heavy atom. The molecule has 0 saturated carbocycles. The Labute approximate surface area is 125 Å². The molecule has 0 amide bonds. The van der Waals surface area contributed by atoms with Gasteiger partial charge in [-0.25, -0.2) is 8.42 Å². The normalized spacial score (nSPS) is 11.4. The van der Waals surface area contributed by atoms with Crippen LogP contribution in [0.3, 0.4) is 0 Å². The molecule has 21 heavy (non-hydrogen) atoms. The van der Waals surface area contributed by atoms with Crippen LogP contribution in [0, 0.1) is 6.92 Å². The van der Waals surface area contributed by atoms with Crippen LogP contribution in [0.2, 0.25) is 0 Å². The minimum absolute atomic E-state index is 0.0508. The van der Waals surface area contributed by atoms with Gasteiger partial charge in [0.2, 0.25) is 0 Å². The third-order valence-electron chi connectivity index (χ3n) is 3.44. The van der Waals surface area contributed by atoms with Gasteiger partial charge in [-0.15, -0.1) is 0 Å². The molecule has 0 bridgehead atoms. The summed E-state index contributed by atoms with van der Waals surface area (Å²) >= 11 is 0. The van der Waals surface area contributed by atoms with Gasteiger partial charge >= 0.3 is 0 Å². The largest absolute Gasteiger partial charge is 0.396 e. The smallest absolute Gasteiger partial charge is 0.264 e. The van der Waals surface area contributed by atoms with Crippen molar-refractivity contribution >= 4 is 15.7 Å². The third-order valence-corrected chi connectivity index (χ3v) is 5.22. The second kappa shape index (κ2) is 6.28. The Bertz CT molecular complexity index is 709. The van der Waals surface area contributed by atoms with Crippen LogP contribution in [-0.4, -0.2) is 27.2 Å². The Balaban J connectivity index is 2.35. The molecule has 2 aromatic carbocycles. The van der Waals surface area contributed by atoms with Crippen molar-refractivity contribution in [3.63, 3.8) is 0 Å². The maximum Gasteiger partial charge on any atom is 0.264 e. The fourth-order valence-corrected chi connectivity index (χ4v) is 3.42. The molecule has 0 atom stereocenters. The molecular formula is C16H19NO3S. The summed E-state index contributed by atoms with van der Waals surface area (Å²) in [6.07, 6.45) is 0.522. The summed E-state index contributed by atoms with van der Waals surface area (Å²) in [5, 5.41) is 8.89. The molecule has 2 aromatic rings. The molecule has 0 aliphatic carbocycles. The summed E-state index contributed by atoms with van der Waals surface area (Å²) in [7, 11) is -2.02. The van der Waals surface area contributed by atoms with E-state index in [1.807, 2.05) is 25.1 Å². The van der Waals surface area contributed by atoms with Crippen LogP contribution in [-0.2, 0) is 16.4 Å². The molecule has 0 saturated heterocycles. The highest BCUT2D eigenvalue weighted by molar-refractivity contribution is 7.92. The number of aryl methyl sites for hydroxylation is 1. The molecule has 0 radical (unpaired) electrons. The second-order valence-electron chi connectivity index (χ2n) is 4.88. The fraction of sp³-hybridized carbons (Fsp3) is 0.250. The van der Waals surface area contributed by atoms with Crippen molar-refractivity contribution in [1.29, 1.82) is 0 Å². The van der Waals surface area contributed by atoms with Crippen LogP contribution in [0.1, 0.15) is 11.1 Å². The molecule has 2 rings (SSSR count). The quantitative estimate of drug-likeness (QED) is 0.922. The Morgan fingerprint density at radius 3 is 2.24 bits per heavy atom. The molecule has 112 valence electrons. The van der Waals surface area contributed by atoms with E-state index in [9.17, 15) is 8.42 Å². The lowest BCUT2D eigenvalue weighted by molar-refractivity contribution is 0.299. The maximum absolute atomic E-state index is 12.6. The monoisotopic (exact) mass is 305 g/mol. The lowest BCUT2D eigenvalue weighted by Crippen LogP contribution is -2.27. The van der Waals surface area contributed by atoms with Gasteiger partial charge in [-0.3, -0.25) is 4.31 Å². The molecule has 1 N–H and O–H groups in total. The molecular weight excluding hydrogens is 286 g/mol. The minimum Gasteiger partial charge on any atom is -0.396 e. The average Bonchev–Trinajstić information content (AvgIpc) is 2.48. The van der Waals surface area contributed by atoms with Crippen LogP contribution < -0.4 is 4.31 Å². The second-order valence-corrected chi connectivity index (χ2v) is 6.85. The molecule has 0 aromatic heterocycles. The van der Waals surface area contributed by atoms with E-state index in [1.165, 1.54) is 4.31 Å². The fourth-order valence-electron chi connectivity index (χ4n) is 2.16. The van der Waals surface area contributed by atoms with Crippen LogP contribution in [0.25, 0.3) is 0 Å². The Kier molecular flexibility index (Phi) is 4.65. The van der Waals surface area contributed by atoms with E-state index in [0.29, 0.717) is 12.1 Å². The first-order valence-corrected chi connectivity index (χ1v) is 8.15. The first-order valence-electron chi connectivity index (χ1n) is 6.71. The summed E-state index contributed by atoms with van der Waals surface area (Å²) < 4.78 is 26.6. The molecule has 0 aliphatic heterocycles. The number of anilines is 1. The number of sulfonamides is 1. The SMILES string of the molecule is Cc1ccccc1N(C)S(=O)(=O)c1ccc(CCO)cc1. The van der Waals surface area contributed by atoms with Gasteiger partial charge in [0, 0.05) is 13.7 Å². The zero-order valence-electron chi connectivity index (χ0n) is 12.2. The number of benzene rings is 2. The van der Waals surface area contributed by atoms with Gasteiger partial charge in [-0.2, -0.15) is 0 Å². The first-order chi connectivity index (χ1) is 9.96. The van der Waals surface area contributed by atoms with E-state index in [2.05, 4.69) is 0 Å². The highest BCUT2D eigenvalue weighted by Gasteiger charge is 2.22. The van der Waals surface area contributed by atoms with Crippen molar-refractivity contribution in [3.8, 4) is 0 Å². The molecule has 0 fully saturated rings. The van der Waals surface area contributed by atoms with Crippen LogP contribution in [0.4, 0.5) is 5.69 Å². The predicted octanol–water partition coefficient (Wildman–Crippen LogP) is 2.35. The zero-order valence-corrected chi connectivity index (χ0v) is 13.0. The lowest BCUT2D eigenvalue weighted by atomic mass is 10.2. The van der Waals surface area contributed by atoms with Crippen molar-refractivity contribution < 1.29 is 13.5 Å². The summed E-state index contributed by atoms with van der Waals surface area (Å²) in [5.41, 5.74) is 2.48. The van der Waals surface area contributed by atoms with Crippen molar-refractivity contribution in [2.45, 2.75) is 18.2 Å². The van der Waals surface area contributed by atoms with Gasteiger partial charge in [0.25, 0.3) is 10.0 Å². The average molecular weight is 305 g/mol. The number of aliphatic hydroxyl groups is 1. The molecule has 5 heteroatoms. The van der Waals surface area contributed by atoms with Crippen LogP contribution >= 0.6 is 0 Å². The number of hydrogen-bond donors (Lipinski definition) is 1. The lowest BCUT2D eigenvalue weighted by Gasteiger charge is -2.21. The van der Waals surface area contributed by atoms with Crippen molar-refractivity contribution in [3.05, 3.63) is 59.7 Å². The molecule has 0 spiro atoms. The van der Waals surface area contributed by atoms with E-state index in [1.54, 1.807) is 37.4 Å². The van der Waals surface area contributed by atoms with Gasteiger partial charge in [0.05, 0.1) is 10.6 Å². The summed E-state index contributed by atoms with van der Waals surface area (Å²) in [6, 6.07) is 14.0. The number of aliphatic hydroxyl groups excluding tert-OH is 1. The predicted molar refractivity (Wildman–Crippen MR) is 84.0 cm³/mol. The van der Waals surface area contributed by atoms with Gasteiger partial charge in [0.1, 0.15) is 0 Å². The van der Waals surface area contributed by atoms with Crippen molar-refractivity contribution in [1.82, 2.24) is 0 Å². The Morgan fingerprint density at radius 2 is 1.67 bits per heavy atom. The maximum atomic E-state index is 12.6. The number of para-hydroxylation sites is 1. The molecule has 0 heterocycles. The first kappa shape index (κ1) is 15.5. The third kappa shape index (κ3) is 3.25.